The Kier molecular flexibility index (Phi) is 4.30. The summed E-state index contributed by atoms with van der Waals surface area (Å²) in [5, 5.41) is 10.7. The molecular formula is C15H16N2O3. The molecule has 1 aromatic carbocycles. The fourth-order valence-electron chi connectivity index (χ4n) is 2.13. The first-order chi connectivity index (χ1) is 9.58. The zero-order chi connectivity index (χ0) is 14.5. The van der Waals surface area contributed by atoms with Crippen molar-refractivity contribution in [1.29, 1.82) is 0 Å². The van der Waals surface area contributed by atoms with Crippen LogP contribution in [0.5, 0.6) is 0 Å². The van der Waals surface area contributed by atoms with Crippen molar-refractivity contribution in [1.82, 2.24) is 4.57 Å². The predicted octanol–water partition coefficient (Wildman–Crippen LogP) is 2.70. The quantitative estimate of drug-likeness (QED) is 0.621. The van der Waals surface area contributed by atoms with E-state index in [-0.39, 0.29) is 5.69 Å². The molecule has 0 bridgehead atoms. The van der Waals surface area contributed by atoms with E-state index in [2.05, 4.69) is 19.1 Å². The van der Waals surface area contributed by atoms with Gasteiger partial charge in [0.15, 0.2) is 0 Å². The second kappa shape index (κ2) is 6.14. The summed E-state index contributed by atoms with van der Waals surface area (Å²) < 4.78 is 1.69. The molecule has 0 aliphatic rings. The van der Waals surface area contributed by atoms with Crippen LogP contribution in [0.25, 0.3) is 0 Å². The average Bonchev–Trinajstić information content (AvgIpc) is 2.42. The van der Waals surface area contributed by atoms with Crippen LogP contribution < -0.4 is 5.43 Å². The van der Waals surface area contributed by atoms with Gasteiger partial charge in [-0.05, 0) is 30.9 Å². The number of hydrogen-bond acceptors (Lipinski definition) is 3. The third-order valence-corrected chi connectivity index (χ3v) is 3.28. The van der Waals surface area contributed by atoms with Crippen LogP contribution in [0.3, 0.4) is 0 Å². The molecule has 0 unspecified atom stereocenters. The molecule has 0 aliphatic carbocycles. The third kappa shape index (κ3) is 3.32. The molecule has 104 valence electrons. The second-order valence-electron chi connectivity index (χ2n) is 4.72. The smallest absolute Gasteiger partial charge is 0.332 e. The Bertz CT molecular complexity index is 677. The van der Waals surface area contributed by atoms with Crippen LogP contribution in [0.15, 0.2) is 47.5 Å². The Labute approximate surface area is 116 Å². The molecule has 2 aromatic rings. The summed E-state index contributed by atoms with van der Waals surface area (Å²) in [6.07, 6.45) is 4.67. The van der Waals surface area contributed by atoms with Gasteiger partial charge in [0, 0.05) is 18.8 Å². The van der Waals surface area contributed by atoms with Crippen molar-refractivity contribution < 1.29 is 4.92 Å². The van der Waals surface area contributed by atoms with Crippen molar-refractivity contribution in [3.8, 4) is 0 Å². The molecule has 20 heavy (non-hydrogen) atoms. The van der Waals surface area contributed by atoms with Crippen LogP contribution in [0.1, 0.15) is 17.5 Å². The Morgan fingerprint density at radius 2 is 2.00 bits per heavy atom. The van der Waals surface area contributed by atoms with Crippen LogP contribution in [0.2, 0.25) is 0 Å². The van der Waals surface area contributed by atoms with Crippen LogP contribution in [-0.2, 0) is 13.0 Å². The fourth-order valence-corrected chi connectivity index (χ4v) is 2.13. The van der Waals surface area contributed by atoms with Crippen LogP contribution in [0.4, 0.5) is 5.69 Å². The molecular weight excluding hydrogens is 256 g/mol. The van der Waals surface area contributed by atoms with E-state index < -0.39 is 10.4 Å². The van der Waals surface area contributed by atoms with E-state index in [9.17, 15) is 14.9 Å². The van der Waals surface area contributed by atoms with E-state index in [0.717, 1.165) is 12.8 Å². The predicted molar refractivity (Wildman–Crippen MR) is 76.9 cm³/mol. The van der Waals surface area contributed by atoms with Crippen LogP contribution >= 0.6 is 0 Å². The van der Waals surface area contributed by atoms with Gasteiger partial charge in [0.2, 0.25) is 0 Å². The molecule has 0 fully saturated rings. The van der Waals surface area contributed by atoms with E-state index >= 15 is 0 Å². The minimum absolute atomic E-state index is 0.372. The summed E-state index contributed by atoms with van der Waals surface area (Å²) >= 11 is 0. The zero-order valence-electron chi connectivity index (χ0n) is 11.3. The molecule has 5 heteroatoms. The summed E-state index contributed by atoms with van der Waals surface area (Å²) in [7, 11) is 0. The summed E-state index contributed by atoms with van der Waals surface area (Å²) in [4.78, 5) is 21.4. The maximum atomic E-state index is 11.3. The van der Waals surface area contributed by atoms with Gasteiger partial charge in [-0.1, -0.05) is 24.3 Å². The number of hydrogen-bond donors (Lipinski definition) is 0. The van der Waals surface area contributed by atoms with Gasteiger partial charge in [0.05, 0.1) is 11.1 Å². The highest BCUT2D eigenvalue weighted by molar-refractivity contribution is 5.26. The van der Waals surface area contributed by atoms with Crippen molar-refractivity contribution in [2.45, 2.75) is 26.3 Å². The molecule has 0 N–H and O–H groups in total. The van der Waals surface area contributed by atoms with Crippen LogP contribution in [-0.4, -0.2) is 9.49 Å². The van der Waals surface area contributed by atoms with E-state index in [1.807, 2.05) is 12.1 Å². The lowest BCUT2D eigenvalue weighted by atomic mass is 10.0. The maximum Gasteiger partial charge on any atom is 0.332 e. The molecule has 1 aromatic heterocycles. The molecule has 0 amide bonds. The van der Waals surface area contributed by atoms with Gasteiger partial charge in [-0.3, -0.25) is 14.9 Å². The minimum Gasteiger partial charge on any atom is -0.348 e. The highest BCUT2D eigenvalue weighted by atomic mass is 16.6. The third-order valence-electron chi connectivity index (χ3n) is 3.28. The number of nitro groups is 1. The number of nitrogens with zero attached hydrogens (tertiary/aromatic N) is 2. The Balaban J connectivity index is 2.01. The highest BCUT2D eigenvalue weighted by Crippen LogP contribution is 2.10. The molecule has 5 nitrogen and oxygen atoms in total. The Hall–Kier alpha value is -2.43. The van der Waals surface area contributed by atoms with Crippen molar-refractivity contribution in [2.24, 2.45) is 0 Å². The number of pyridine rings is 1. The lowest BCUT2D eigenvalue weighted by Gasteiger charge is -2.07. The Morgan fingerprint density at radius 1 is 1.25 bits per heavy atom. The lowest BCUT2D eigenvalue weighted by molar-refractivity contribution is -0.386. The molecule has 1 heterocycles. The summed E-state index contributed by atoms with van der Waals surface area (Å²) in [6, 6.07) is 9.41. The van der Waals surface area contributed by atoms with Gasteiger partial charge >= 0.3 is 5.69 Å². The number of aromatic nitrogens is 1. The first-order valence-electron chi connectivity index (χ1n) is 6.47. The van der Waals surface area contributed by atoms with Gasteiger partial charge in [-0.25, -0.2) is 0 Å². The van der Waals surface area contributed by atoms with E-state index in [0.29, 0.717) is 6.54 Å². The Morgan fingerprint density at radius 3 is 2.70 bits per heavy atom. The maximum absolute atomic E-state index is 11.3. The van der Waals surface area contributed by atoms with E-state index in [1.165, 1.54) is 23.4 Å². The molecule has 0 radical (unpaired) electrons. The van der Waals surface area contributed by atoms with Gasteiger partial charge in [0.1, 0.15) is 0 Å². The minimum atomic E-state index is -0.639. The molecule has 0 saturated carbocycles. The van der Waals surface area contributed by atoms with E-state index in [4.69, 9.17) is 0 Å². The average molecular weight is 272 g/mol. The molecule has 0 spiro atoms. The SMILES string of the molecule is Cc1ccccc1CCCn1ccc(=O)c([N+](=O)[O-])c1. The van der Waals surface area contributed by atoms with Crippen molar-refractivity contribution >= 4 is 5.69 Å². The van der Waals surface area contributed by atoms with Gasteiger partial charge in [-0.15, -0.1) is 0 Å². The topological polar surface area (TPSA) is 65.1 Å². The molecule has 0 saturated heterocycles. The summed E-state index contributed by atoms with van der Waals surface area (Å²) in [5.41, 5.74) is 1.61. The molecule has 2 rings (SSSR count). The van der Waals surface area contributed by atoms with E-state index in [1.54, 1.807) is 10.8 Å². The summed E-state index contributed by atoms with van der Waals surface area (Å²) in [6.45, 7) is 2.72. The zero-order valence-corrected chi connectivity index (χ0v) is 11.3. The van der Waals surface area contributed by atoms with Crippen LogP contribution in [0, 0.1) is 17.0 Å². The molecule has 0 atom stereocenters. The molecule has 0 aliphatic heterocycles. The monoisotopic (exact) mass is 272 g/mol. The highest BCUT2D eigenvalue weighted by Gasteiger charge is 2.11. The van der Waals surface area contributed by atoms with Crippen molar-refractivity contribution in [3.63, 3.8) is 0 Å². The lowest BCUT2D eigenvalue weighted by Crippen LogP contribution is -2.11. The standard InChI is InChI=1S/C15H16N2O3/c1-12-5-2-3-6-13(12)7-4-9-16-10-8-15(18)14(11-16)17(19)20/h2-3,5-6,8,10-11H,4,7,9H2,1H3. The first-order valence-corrected chi connectivity index (χ1v) is 6.47. The van der Waals surface area contributed by atoms with Gasteiger partial charge in [-0.2, -0.15) is 0 Å². The van der Waals surface area contributed by atoms with Crippen molar-refractivity contribution in [3.05, 3.63) is 74.2 Å². The largest absolute Gasteiger partial charge is 0.348 e. The first kappa shape index (κ1) is 14.0. The van der Waals surface area contributed by atoms with Crippen molar-refractivity contribution in [2.75, 3.05) is 0 Å². The number of benzene rings is 1. The number of rotatable bonds is 5. The number of aryl methyl sites for hydroxylation is 3. The van der Waals surface area contributed by atoms with Gasteiger partial charge in [0.25, 0.3) is 5.43 Å². The summed E-state index contributed by atoms with van der Waals surface area (Å²) in [5.74, 6) is 0. The normalized spacial score (nSPS) is 10.4. The second-order valence-corrected chi connectivity index (χ2v) is 4.72. The fraction of sp³-hybridized carbons (Fsp3) is 0.267. The van der Waals surface area contributed by atoms with Gasteiger partial charge < -0.3 is 4.57 Å².